The average molecular weight is 454 g/mol. The van der Waals surface area contributed by atoms with Gasteiger partial charge in [-0.25, -0.2) is 17.9 Å². The van der Waals surface area contributed by atoms with E-state index in [0.29, 0.717) is 44.7 Å². The first-order valence-electron chi connectivity index (χ1n) is 10.2. The van der Waals surface area contributed by atoms with Gasteiger partial charge in [-0.15, -0.1) is 0 Å². The minimum Gasteiger partial charge on any atom is -0.480 e. The predicted octanol–water partition coefficient (Wildman–Crippen LogP) is -0.201. The van der Waals surface area contributed by atoms with E-state index in [1.165, 1.54) is 4.90 Å². The lowest BCUT2D eigenvalue weighted by Crippen LogP contribution is -2.54. The third kappa shape index (κ3) is 6.25. The molecule has 0 aliphatic carbocycles. The van der Waals surface area contributed by atoms with Crippen LogP contribution in [0.4, 0.5) is 0 Å². The lowest BCUT2D eigenvalue weighted by molar-refractivity contribution is -0.149. The third-order valence-corrected chi connectivity index (χ3v) is 6.74. The quantitative estimate of drug-likeness (QED) is 0.557. The molecule has 170 valence electrons. The molecule has 3 rings (SSSR count). The number of likely N-dealkylation sites (tertiary alicyclic amines) is 1. The number of carboxylic acid groups (broad SMARTS) is 1. The SMILES string of the molecule is O=C(O)[C@@H]1CCCN1C(=O)C(CC(=O)N1CCOCC1)NS(=O)(=O)Cc1ccccc1. The van der Waals surface area contributed by atoms with Crippen LogP contribution >= 0.6 is 0 Å². The number of ether oxygens (including phenoxy) is 1. The number of hydrogen-bond donors (Lipinski definition) is 2. The predicted molar refractivity (Wildman–Crippen MR) is 110 cm³/mol. The topological polar surface area (TPSA) is 133 Å². The number of sulfonamides is 1. The van der Waals surface area contributed by atoms with E-state index in [1.54, 1.807) is 30.3 Å². The van der Waals surface area contributed by atoms with E-state index in [9.17, 15) is 27.9 Å². The van der Waals surface area contributed by atoms with Crippen molar-refractivity contribution >= 4 is 27.8 Å². The minimum absolute atomic E-state index is 0.207. The van der Waals surface area contributed by atoms with Crippen molar-refractivity contribution in [2.75, 3.05) is 32.8 Å². The molecule has 0 bridgehead atoms. The fourth-order valence-corrected chi connectivity index (χ4v) is 5.17. The number of carbonyl (C=O) groups excluding carboxylic acids is 2. The van der Waals surface area contributed by atoms with Crippen molar-refractivity contribution < 1.29 is 32.6 Å². The first-order chi connectivity index (χ1) is 14.8. The molecule has 0 spiro atoms. The van der Waals surface area contributed by atoms with E-state index in [2.05, 4.69) is 4.72 Å². The minimum atomic E-state index is -3.96. The Labute approximate surface area is 181 Å². The molecule has 0 saturated carbocycles. The van der Waals surface area contributed by atoms with Gasteiger partial charge in [0.25, 0.3) is 0 Å². The Balaban J connectivity index is 1.78. The smallest absolute Gasteiger partial charge is 0.326 e. The maximum absolute atomic E-state index is 13.1. The van der Waals surface area contributed by atoms with Crippen molar-refractivity contribution in [2.45, 2.75) is 37.1 Å². The summed E-state index contributed by atoms with van der Waals surface area (Å²) in [5.41, 5.74) is 0.533. The molecule has 1 aromatic rings. The van der Waals surface area contributed by atoms with Gasteiger partial charge in [-0.05, 0) is 18.4 Å². The van der Waals surface area contributed by atoms with Crippen LogP contribution in [0.1, 0.15) is 24.8 Å². The average Bonchev–Trinajstić information content (AvgIpc) is 3.24. The first kappa shape index (κ1) is 23.2. The van der Waals surface area contributed by atoms with Crippen LogP contribution in [0.25, 0.3) is 0 Å². The van der Waals surface area contributed by atoms with Crippen LogP contribution in [0, 0.1) is 0 Å². The molecular weight excluding hydrogens is 426 g/mol. The molecule has 2 aliphatic heterocycles. The number of carbonyl (C=O) groups is 3. The van der Waals surface area contributed by atoms with Gasteiger partial charge in [0.05, 0.1) is 25.4 Å². The van der Waals surface area contributed by atoms with E-state index >= 15 is 0 Å². The highest BCUT2D eigenvalue weighted by Gasteiger charge is 2.39. The maximum atomic E-state index is 13.1. The second-order valence-electron chi connectivity index (χ2n) is 7.64. The molecule has 2 fully saturated rings. The summed E-state index contributed by atoms with van der Waals surface area (Å²) in [4.78, 5) is 40.1. The van der Waals surface area contributed by atoms with Crippen molar-refractivity contribution in [3.05, 3.63) is 35.9 Å². The molecule has 1 aromatic carbocycles. The first-order valence-corrected chi connectivity index (χ1v) is 11.8. The molecule has 2 heterocycles. The highest BCUT2D eigenvalue weighted by atomic mass is 32.2. The molecule has 2 amide bonds. The summed E-state index contributed by atoms with van der Waals surface area (Å²) in [5, 5.41) is 9.41. The van der Waals surface area contributed by atoms with Gasteiger partial charge in [-0.1, -0.05) is 30.3 Å². The number of nitrogens with zero attached hydrogens (tertiary/aromatic N) is 2. The lowest BCUT2D eigenvalue weighted by Gasteiger charge is -2.30. The third-order valence-electron chi connectivity index (χ3n) is 5.38. The maximum Gasteiger partial charge on any atom is 0.326 e. The summed E-state index contributed by atoms with van der Waals surface area (Å²) in [6.45, 7) is 1.67. The summed E-state index contributed by atoms with van der Waals surface area (Å²) in [5.74, 6) is -2.57. The second kappa shape index (κ2) is 10.2. The molecule has 1 unspecified atom stereocenters. The van der Waals surface area contributed by atoms with Gasteiger partial charge in [0.15, 0.2) is 0 Å². The number of nitrogens with one attached hydrogen (secondary N) is 1. The van der Waals surface area contributed by atoms with E-state index in [0.717, 1.165) is 4.90 Å². The number of morpholine rings is 1. The monoisotopic (exact) mass is 453 g/mol. The summed E-state index contributed by atoms with van der Waals surface area (Å²) < 4.78 is 33.1. The summed E-state index contributed by atoms with van der Waals surface area (Å²) in [6.07, 6.45) is 0.418. The number of hydrogen-bond acceptors (Lipinski definition) is 6. The standard InChI is InChI=1S/C20H27N3O7S/c24-18(22-9-11-30-12-10-22)13-16(19(25)23-8-4-7-17(23)20(26)27)21-31(28,29)14-15-5-2-1-3-6-15/h1-3,5-6,16-17,21H,4,7-14H2,(H,26,27)/t16?,17-/m0/s1. The molecular formula is C20H27N3O7S. The molecule has 11 heteroatoms. The Hall–Kier alpha value is -2.50. The molecule has 10 nitrogen and oxygen atoms in total. The van der Waals surface area contributed by atoms with Gasteiger partial charge in [0, 0.05) is 19.6 Å². The van der Waals surface area contributed by atoms with E-state index in [-0.39, 0.29) is 24.6 Å². The Morgan fingerprint density at radius 2 is 1.81 bits per heavy atom. The van der Waals surface area contributed by atoms with Gasteiger partial charge < -0.3 is 19.6 Å². The summed E-state index contributed by atoms with van der Waals surface area (Å²) in [7, 11) is -3.96. The van der Waals surface area contributed by atoms with Gasteiger partial charge in [0.1, 0.15) is 12.1 Å². The van der Waals surface area contributed by atoms with E-state index in [4.69, 9.17) is 4.74 Å². The zero-order valence-corrected chi connectivity index (χ0v) is 17.9. The van der Waals surface area contributed by atoms with E-state index < -0.39 is 34.0 Å². The second-order valence-corrected chi connectivity index (χ2v) is 9.39. The fourth-order valence-electron chi connectivity index (χ4n) is 3.84. The van der Waals surface area contributed by atoms with Crippen molar-refractivity contribution in [1.29, 1.82) is 0 Å². The number of amides is 2. The van der Waals surface area contributed by atoms with Crippen LogP contribution in [-0.2, 0) is 34.9 Å². The fraction of sp³-hybridized carbons (Fsp3) is 0.550. The van der Waals surface area contributed by atoms with Gasteiger partial charge in [-0.2, -0.15) is 0 Å². The molecule has 2 aliphatic rings. The van der Waals surface area contributed by atoms with Crippen LogP contribution in [0.2, 0.25) is 0 Å². The molecule has 2 atom stereocenters. The van der Waals surface area contributed by atoms with Crippen molar-refractivity contribution in [3.63, 3.8) is 0 Å². The zero-order valence-electron chi connectivity index (χ0n) is 17.1. The van der Waals surface area contributed by atoms with Crippen molar-refractivity contribution in [1.82, 2.24) is 14.5 Å². The number of aliphatic carboxylic acids is 1. The highest BCUT2D eigenvalue weighted by Crippen LogP contribution is 2.20. The van der Waals surface area contributed by atoms with Crippen molar-refractivity contribution in [3.8, 4) is 0 Å². The molecule has 0 aromatic heterocycles. The lowest BCUT2D eigenvalue weighted by atomic mass is 10.1. The number of benzene rings is 1. The normalized spacial score (nSPS) is 20.5. The Kier molecular flexibility index (Phi) is 7.63. The highest BCUT2D eigenvalue weighted by molar-refractivity contribution is 7.88. The Morgan fingerprint density at radius 3 is 2.45 bits per heavy atom. The van der Waals surface area contributed by atoms with Gasteiger partial charge in [0.2, 0.25) is 21.8 Å². The molecule has 0 radical (unpaired) electrons. The summed E-state index contributed by atoms with van der Waals surface area (Å²) in [6, 6.07) is 6.08. The van der Waals surface area contributed by atoms with Crippen molar-refractivity contribution in [2.24, 2.45) is 0 Å². The molecule has 2 N–H and O–H groups in total. The zero-order chi connectivity index (χ0) is 22.4. The van der Waals surface area contributed by atoms with Crippen LogP contribution in [-0.4, -0.2) is 86.0 Å². The molecule has 31 heavy (non-hydrogen) atoms. The van der Waals surface area contributed by atoms with E-state index in [1.807, 2.05) is 0 Å². The van der Waals surface area contributed by atoms with Crippen LogP contribution in [0.15, 0.2) is 30.3 Å². The van der Waals surface area contributed by atoms with Crippen LogP contribution in [0.5, 0.6) is 0 Å². The number of carboxylic acids is 1. The number of rotatable bonds is 8. The Bertz CT molecular complexity index is 901. The summed E-state index contributed by atoms with van der Waals surface area (Å²) >= 11 is 0. The van der Waals surface area contributed by atoms with Gasteiger partial charge in [-0.3, -0.25) is 9.59 Å². The van der Waals surface area contributed by atoms with Crippen LogP contribution in [0.3, 0.4) is 0 Å². The Morgan fingerprint density at radius 1 is 1.13 bits per heavy atom. The van der Waals surface area contributed by atoms with Gasteiger partial charge >= 0.3 is 5.97 Å². The largest absolute Gasteiger partial charge is 0.480 e. The van der Waals surface area contributed by atoms with Crippen LogP contribution < -0.4 is 4.72 Å². The molecule has 2 saturated heterocycles.